The third-order valence-electron chi connectivity index (χ3n) is 3.84. The van der Waals surface area contributed by atoms with Crippen molar-refractivity contribution in [2.24, 2.45) is 5.92 Å². The first kappa shape index (κ1) is 20.1. The highest BCUT2D eigenvalue weighted by atomic mass is 79.9. The summed E-state index contributed by atoms with van der Waals surface area (Å²) in [5.41, 5.74) is 0. The lowest BCUT2D eigenvalue weighted by atomic mass is 9.92. The molecule has 1 heterocycles. The van der Waals surface area contributed by atoms with Crippen LogP contribution in [0.25, 0.3) is 0 Å². The van der Waals surface area contributed by atoms with Crippen molar-refractivity contribution in [2.75, 3.05) is 6.61 Å². The van der Waals surface area contributed by atoms with Gasteiger partial charge >= 0.3 is 0 Å². The van der Waals surface area contributed by atoms with Crippen molar-refractivity contribution in [3.63, 3.8) is 0 Å². The van der Waals surface area contributed by atoms with E-state index in [1.165, 1.54) is 24.2 Å². The summed E-state index contributed by atoms with van der Waals surface area (Å²) in [6.45, 7) is 4.04. The third kappa shape index (κ3) is 6.28. The molecule has 0 saturated heterocycles. The molecule has 0 aliphatic carbocycles. The van der Waals surface area contributed by atoms with E-state index in [-0.39, 0.29) is 16.7 Å². The molecule has 0 fully saturated rings. The second-order valence-electron chi connectivity index (χ2n) is 5.49. The Kier molecular flexibility index (Phi) is 9.16. The van der Waals surface area contributed by atoms with Crippen molar-refractivity contribution in [2.45, 2.75) is 62.6 Å². The van der Waals surface area contributed by atoms with Crippen LogP contribution < -0.4 is 4.72 Å². The van der Waals surface area contributed by atoms with Crippen molar-refractivity contribution >= 4 is 37.3 Å². The zero-order chi connectivity index (χ0) is 16.6. The van der Waals surface area contributed by atoms with Crippen LogP contribution in [0.3, 0.4) is 0 Å². The largest absolute Gasteiger partial charge is 0.395 e. The molecular formula is C15H26BrNO3S2. The van der Waals surface area contributed by atoms with Crippen molar-refractivity contribution in [3.8, 4) is 0 Å². The van der Waals surface area contributed by atoms with Gasteiger partial charge in [0.15, 0.2) is 0 Å². The Labute approximate surface area is 146 Å². The summed E-state index contributed by atoms with van der Waals surface area (Å²) in [5, 5.41) is 9.61. The maximum Gasteiger partial charge on any atom is 0.250 e. The van der Waals surface area contributed by atoms with Crippen LogP contribution in [0, 0.1) is 5.92 Å². The molecule has 0 amide bonds. The highest BCUT2D eigenvalue weighted by molar-refractivity contribution is 9.11. The summed E-state index contributed by atoms with van der Waals surface area (Å²) in [6.07, 6.45) is 6.42. The van der Waals surface area contributed by atoms with Gasteiger partial charge in [0.2, 0.25) is 10.0 Å². The number of aliphatic hydroxyl groups is 1. The molecule has 1 aromatic rings. The first-order valence-corrected chi connectivity index (χ1v) is 10.9. The average Bonchev–Trinajstić information content (AvgIpc) is 2.93. The highest BCUT2D eigenvalue weighted by Gasteiger charge is 2.26. The number of nitrogens with one attached hydrogen (secondary N) is 1. The predicted octanol–water partition coefficient (Wildman–Crippen LogP) is 4.15. The van der Waals surface area contributed by atoms with Gasteiger partial charge in [0.1, 0.15) is 4.21 Å². The molecule has 0 bridgehead atoms. The maximum absolute atomic E-state index is 12.4. The van der Waals surface area contributed by atoms with E-state index in [0.29, 0.717) is 0 Å². The smallest absolute Gasteiger partial charge is 0.250 e. The summed E-state index contributed by atoms with van der Waals surface area (Å²) in [5.74, 6) is 0.167. The zero-order valence-electron chi connectivity index (χ0n) is 13.2. The van der Waals surface area contributed by atoms with Crippen LogP contribution >= 0.6 is 27.3 Å². The number of rotatable bonds is 11. The predicted molar refractivity (Wildman–Crippen MR) is 95.8 cm³/mol. The lowest BCUT2D eigenvalue weighted by molar-refractivity contribution is 0.203. The summed E-state index contributed by atoms with van der Waals surface area (Å²) in [6, 6.07) is 2.88. The lowest BCUT2D eigenvalue weighted by Crippen LogP contribution is -2.42. The lowest BCUT2D eigenvalue weighted by Gasteiger charge is -2.25. The molecule has 128 valence electrons. The molecule has 1 rings (SSSR count). The number of aliphatic hydroxyl groups excluding tert-OH is 1. The number of hydrogen-bond acceptors (Lipinski definition) is 4. The van der Waals surface area contributed by atoms with Gasteiger partial charge in [-0.05, 0) is 40.4 Å². The number of hydrogen-bond donors (Lipinski definition) is 2. The Morgan fingerprint density at radius 3 is 2.50 bits per heavy atom. The van der Waals surface area contributed by atoms with Gasteiger partial charge in [0, 0.05) is 6.04 Å². The third-order valence-corrected chi connectivity index (χ3v) is 7.44. The van der Waals surface area contributed by atoms with Gasteiger partial charge in [-0.1, -0.05) is 46.0 Å². The van der Waals surface area contributed by atoms with E-state index >= 15 is 0 Å². The molecule has 2 N–H and O–H groups in total. The van der Waals surface area contributed by atoms with Crippen molar-refractivity contribution in [3.05, 3.63) is 15.9 Å². The van der Waals surface area contributed by atoms with E-state index in [4.69, 9.17) is 0 Å². The fourth-order valence-electron chi connectivity index (χ4n) is 2.51. The molecule has 0 radical (unpaired) electrons. The summed E-state index contributed by atoms with van der Waals surface area (Å²) in [4.78, 5) is 0. The van der Waals surface area contributed by atoms with E-state index in [9.17, 15) is 13.5 Å². The topological polar surface area (TPSA) is 66.4 Å². The van der Waals surface area contributed by atoms with Gasteiger partial charge in [-0.2, -0.15) is 0 Å². The Balaban J connectivity index is 2.68. The van der Waals surface area contributed by atoms with E-state index < -0.39 is 16.1 Å². The maximum atomic E-state index is 12.4. The van der Waals surface area contributed by atoms with E-state index in [1.807, 2.05) is 6.92 Å². The van der Waals surface area contributed by atoms with Crippen LogP contribution in [0.2, 0.25) is 0 Å². The number of thiophene rings is 1. The molecule has 22 heavy (non-hydrogen) atoms. The van der Waals surface area contributed by atoms with Gasteiger partial charge in [-0.15, -0.1) is 11.3 Å². The van der Waals surface area contributed by atoms with Crippen LogP contribution in [-0.2, 0) is 10.0 Å². The van der Waals surface area contributed by atoms with Gasteiger partial charge in [0.25, 0.3) is 0 Å². The quantitative estimate of drug-likeness (QED) is 0.537. The van der Waals surface area contributed by atoms with Crippen LogP contribution in [0.5, 0.6) is 0 Å². The van der Waals surface area contributed by atoms with Gasteiger partial charge in [-0.3, -0.25) is 0 Å². The van der Waals surface area contributed by atoms with E-state index in [1.54, 1.807) is 12.1 Å². The number of unbranched alkanes of at least 4 members (excludes halogenated alkanes) is 3. The van der Waals surface area contributed by atoms with Gasteiger partial charge in [0.05, 0.1) is 10.4 Å². The SMILES string of the molecule is CCCCCC[C@H](CC)[C@@H](CO)NS(=O)(=O)c1ccc(Br)s1. The molecule has 0 unspecified atom stereocenters. The molecule has 1 aromatic heterocycles. The highest BCUT2D eigenvalue weighted by Crippen LogP contribution is 2.27. The minimum atomic E-state index is -3.56. The monoisotopic (exact) mass is 411 g/mol. The first-order chi connectivity index (χ1) is 10.4. The zero-order valence-corrected chi connectivity index (χ0v) is 16.4. The number of sulfonamides is 1. The van der Waals surface area contributed by atoms with E-state index in [2.05, 4.69) is 27.6 Å². The molecule has 2 atom stereocenters. The average molecular weight is 412 g/mol. The van der Waals surface area contributed by atoms with Crippen LogP contribution in [0.1, 0.15) is 52.4 Å². The standard InChI is InChI=1S/C15H26BrNO3S2/c1-3-5-6-7-8-12(4-2)13(11-18)17-22(19,20)15-10-9-14(16)21-15/h9-10,12-13,17-18H,3-8,11H2,1-2H3/t12-,13+/m0/s1. The Morgan fingerprint density at radius 2 is 2.00 bits per heavy atom. The van der Waals surface area contributed by atoms with Crippen LogP contribution in [-0.4, -0.2) is 26.2 Å². The molecule has 0 aliphatic rings. The Bertz CT molecular complexity index is 531. The molecule has 0 aliphatic heterocycles. The minimum Gasteiger partial charge on any atom is -0.395 e. The second kappa shape index (κ2) is 10.0. The molecule has 0 saturated carbocycles. The van der Waals surface area contributed by atoms with Gasteiger partial charge < -0.3 is 5.11 Å². The molecule has 0 aromatic carbocycles. The normalized spacial score (nSPS) is 14.9. The fourth-order valence-corrected chi connectivity index (χ4v) is 5.83. The summed E-state index contributed by atoms with van der Waals surface area (Å²) < 4.78 is 28.5. The summed E-state index contributed by atoms with van der Waals surface area (Å²) in [7, 11) is -3.56. The summed E-state index contributed by atoms with van der Waals surface area (Å²) >= 11 is 4.45. The van der Waals surface area contributed by atoms with Gasteiger partial charge in [-0.25, -0.2) is 13.1 Å². The fraction of sp³-hybridized carbons (Fsp3) is 0.733. The molecule has 4 nitrogen and oxygen atoms in total. The molecular weight excluding hydrogens is 386 g/mol. The van der Waals surface area contributed by atoms with Crippen molar-refractivity contribution in [1.82, 2.24) is 4.72 Å². The Morgan fingerprint density at radius 1 is 1.27 bits per heavy atom. The van der Waals surface area contributed by atoms with Crippen LogP contribution in [0.15, 0.2) is 20.1 Å². The first-order valence-electron chi connectivity index (χ1n) is 7.83. The van der Waals surface area contributed by atoms with E-state index in [0.717, 1.165) is 29.5 Å². The van der Waals surface area contributed by atoms with Crippen molar-refractivity contribution in [1.29, 1.82) is 0 Å². The Hall–Kier alpha value is 0.0500. The molecule has 7 heteroatoms. The second-order valence-corrected chi connectivity index (χ2v) is 9.89. The number of halogens is 1. The minimum absolute atomic E-state index is 0.167. The van der Waals surface area contributed by atoms with Crippen molar-refractivity contribution < 1.29 is 13.5 Å². The van der Waals surface area contributed by atoms with Crippen LogP contribution in [0.4, 0.5) is 0 Å². The molecule has 0 spiro atoms.